The molecule has 3 N–H and O–H groups in total. The summed E-state index contributed by atoms with van der Waals surface area (Å²) in [6.07, 6.45) is 0. The molecule has 36 valence electrons. The second-order valence-electron chi connectivity index (χ2n) is 0.755. The maximum Gasteiger partial charge on any atom is 0.631 e. The van der Waals surface area contributed by atoms with E-state index in [2.05, 4.69) is 6.58 Å². The van der Waals surface area contributed by atoms with E-state index in [0.717, 1.165) is 49.0 Å². The van der Waals surface area contributed by atoms with Gasteiger partial charge in [0.1, 0.15) is 0 Å². The topological polar surface area (TPSA) is 60.7 Å². The van der Waals surface area contributed by atoms with Crippen LogP contribution in [0.2, 0.25) is 0 Å². The molecule has 0 radical (unpaired) electrons. The summed E-state index contributed by atoms with van der Waals surface area (Å²) >= 11 is 0.868. The summed E-state index contributed by atoms with van der Waals surface area (Å²) in [6, 6.07) is 0. The van der Waals surface area contributed by atoms with Crippen LogP contribution in [-0.4, -0.2) is 71.3 Å². The van der Waals surface area contributed by atoms with Gasteiger partial charge < -0.3 is 15.1 Å². The first-order valence-electron chi connectivity index (χ1n) is 1.76. The predicted octanol–water partition coefficient (Wildman–Crippen LogP) is -1.75. The van der Waals surface area contributed by atoms with Crippen molar-refractivity contribution in [3.8, 4) is 0 Å². The number of hydrogen-bond donors (Lipinski definition) is 3. The van der Waals surface area contributed by atoms with Gasteiger partial charge in [-0.1, -0.05) is 0 Å². The van der Waals surface area contributed by atoms with Crippen molar-refractivity contribution in [2.24, 2.45) is 0 Å². The molecule has 0 aliphatic heterocycles. The number of rotatable bonds is 0. The van der Waals surface area contributed by atoms with E-state index in [1.165, 1.54) is 0 Å². The largest absolute Gasteiger partial charge is 0.631 e. The molecule has 0 aliphatic rings. The standard InChI is InChI=1S/C2H3.BH3O3.K/c1-2;2-1(3)4;/h1H,2H2;2-4H;. The van der Waals surface area contributed by atoms with Gasteiger partial charge >= 0.3 is 63.0 Å². The van der Waals surface area contributed by atoms with Crippen molar-refractivity contribution < 1.29 is 15.1 Å². The van der Waals surface area contributed by atoms with Crippen LogP contribution >= 0.6 is 0 Å². The zero-order chi connectivity index (χ0) is 6.28. The van der Waals surface area contributed by atoms with Crippen molar-refractivity contribution in [2.75, 3.05) is 0 Å². The van der Waals surface area contributed by atoms with Gasteiger partial charge in [0, 0.05) is 0 Å². The smallest absolute Gasteiger partial charge is 0.402 e. The molecular weight excluding hydrogens is 122 g/mol. The molecule has 0 unspecified atom stereocenters. The maximum atomic E-state index is 7.17. The molecule has 0 aliphatic carbocycles. The van der Waals surface area contributed by atoms with E-state index in [9.17, 15) is 0 Å². The monoisotopic (exact) mass is 128 g/mol. The van der Waals surface area contributed by atoms with Gasteiger partial charge in [0.05, 0.1) is 0 Å². The molecule has 0 aromatic rings. The summed E-state index contributed by atoms with van der Waals surface area (Å²) in [5.41, 5.74) is 0. The van der Waals surface area contributed by atoms with Crippen LogP contribution in [0.5, 0.6) is 0 Å². The molecule has 0 aromatic heterocycles. The Morgan fingerprint density at radius 1 is 1.43 bits per heavy atom. The van der Waals surface area contributed by atoms with Crippen molar-refractivity contribution in [1.29, 1.82) is 0 Å². The van der Waals surface area contributed by atoms with Gasteiger partial charge in [0.2, 0.25) is 0 Å². The summed E-state index contributed by atoms with van der Waals surface area (Å²) in [7, 11) is -2.17. The fourth-order valence-corrected chi connectivity index (χ4v) is 0. The molecule has 0 saturated heterocycles. The van der Waals surface area contributed by atoms with Crippen LogP contribution in [0, 0.1) is 0 Å². The Bertz CT molecular complexity index is 37.2. The van der Waals surface area contributed by atoms with Crippen LogP contribution in [0.4, 0.5) is 0 Å². The molecule has 7 heavy (non-hydrogen) atoms. The quantitative estimate of drug-likeness (QED) is 0.339. The van der Waals surface area contributed by atoms with E-state index in [-0.39, 0.29) is 0 Å². The zero-order valence-corrected chi connectivity index (χ0v) is 7.33. The first-order chi connectivity index (χ1) is 3.15. The van der Waals surface area contributed by atoms with Crippen LogP contribution in [0.3, 0.4) is 0 Å². The van der Waals surface area contributed by atoms with Crippen molar-refractivity contribution in [2.45, 2.75) is 0 Å². The minimum Gasteiger partial charge on any atom is -0.402 e. The summed E-state index contributed by atoms with van der Waals surface area (Å²) in [5.74, 6) is 0. The summed E-state index contributed by atoms with van der Waals surface area (Å²) in [6.45, 7) is 3.44. The molecule has 0 atom stereocenters. The van der Waals surface area contributed by atoms with Crippen LogP contribution in [0.15, 0.2) is 6.75 Å². The zero-order valence-electron chi connectivity index (χ0n) is 4.20. The van der Waals surface area contributed by atoms with Gasteiger partial charge in [0.15, 0.2) is 0 Å². The van der Waals surface area contributed by atoms with Crippen LogP contribution in [0.25, 0.3) is 0 Å². The fourth-order valence-electron chi connectivity index (χ4n) is 0. The Labute approximate surface area is 76.8 Å². The number of hydrogen-bond acceptors (Lipinski definition) is 3. The molecule has 0 aromatic carbocycles. The summed E-state index contributed by atoms with van der Waals surface area (Å²) in [4.78, 5) is 0. The second kappa shape index (κ2) is 10.3. The van der Waals surface area contributed by atoms with Crippen molar-refractivity contribution in [3.63, 3.8) is 0 Å². The molecule has 0 saturated carbocycles. The Hall–Kier alpha value is 1.32. The maximum absolute atomic E-state index is 7.17. The van der Waals surface area contributed by atoms with E-state index in [1.807, 2.05) is 0.171 Å². The van der Waals surface area contributed by atoms with Gasteiger partial charge in [-0.15, -0.1) is 0 Å². The Morgan fingerprint density at radius 3 is 1.43 bits per heavy atom. The Balaban J connectivity index is 0. The van der Waals surface area contributed by atoms with Gasteiger partial charge in [-0.25, -0.2) is 0 Å². The fraction of sp³-hybridized carbons (Fsp3) is 0. The molecule has 0 amide bonds. The molecule has 0 rings (SSSR count). The molecule has 5 heteroatoms. The van der Waals surface area contributed by atoms with E-state index >= 15 is 0 Å². The summed E-state index contributed by atoms with van der Waals surface area (Å²) < 4.78 is 1.94. The van der Waals surface area contributed by atoms with Gasteiger partial charge in [-0.05, 0) is 0 Å². The second-order valence-corrected chi connectivity index (χ2v) is 2.03. The van der Waals surface area contributed by atoms with Gasteiger partial charge in [-0.2, -0.15) is 0 Å². The van der Waals surface area contributed by atoms with Crippen molar-refractivity contribution >= 4 is 56.3 Å². The third-order valence-electron chi connectivity index (χ3n) is 0. The predicted molar refractivity (Wildman–Crippen MR) is 28.4 cm³/mol. The van der Waals surface area contributed by atoms with Gasteiger partial charge in [-0.3, -0.25) is 0 Å². The van der Waals surface area contributed by atoms with E-state index in [1.54, 1.807) is 0 Å². The molecule has 0 fully saturated rings. The Kier molecular flexibility index (Phi) is 16.5. The first kappa shape index (κ1) is 11.2. The van der Waals surface area contributed by atoms with Crippen molar-refractivity contribution in [1.82, 2.24) is 0 Å². The average molecular weight is 128 g/mol. The SMILES string of the molecule is C=[CH][K].OB(O)O. The first-order valence-corrected chi connectivity index (χ1v) is 3.56. The molecular formula is C2H6BKO3. The van der Waals surface area contributed by atoms with E-state index in [4.69, 9.17) is 15.1 Å². The van der Waals surface area contributed by atoms with Crippen LogP contribution < -0.4 is 0 Å². The molecule has 3 nitrogen and oxygen atoms in total. The minimum atomic E-state index is -2.17. The van der Waals surface area contributed by atoms with Crippen LogP contribution in [-0.2, 0) is 0 Å². The van der Waals surface area contributed by atoms with Gasteiger partial charge in [0.25, 0.3) is 0 Å². The Morgan fingerprint density at radius 2 is 1.43 bits per heavy atom. The van der Waals surface area contributed by atoms with E-state index < -0.39 is 7.32 Å². The molecule has 0 bridgehead atoms. The average Bonchev–Trinajstić information content (AvgIpc) is 1.33. The van der Waals surface area contributed by atoms with E-state index in [0.29, 0.717) is 0 Å². The minimum absolute atomic E-state index is 0.868. The van der Waals surface area contributed by atoms with Crippen LogP contribution in [0.1, 0.15) is 0 Å². The molecule has 0 heterocycles. The third-order valence-corrected chi connectivity index (χ3v) is 0. The normalized spacial score (nSPS) is 5.86. The third kappa shape index (κ3) is 119. The molecule has 0 spiro atoms. The van der Waals surface area contributed by atoms with Crippen molar-refractivity contribution in [3.05, 3.63) is 6.75 Å². The summed E-state index contributed by atoms with van der Waals surface area (Å²) in [5, 5.41) is 21.5.